The van der Waals surface area contributed by atoms with Crippen molar-refractivity contribution in [1.82, 2.24) is 0 Å². The van der Waals surface area contributed by atoms with E-state index in [-0.39, 0.29) is 16.6 Å². The number of hydrogen-bond acceptors (Lipinski definition) is 6. The van der Waals surface area contributed by atoms with Gasteiger partial charge in [0.15, 0.2) is 5.78 Å². The molecular weight excluding hydrogens is 376 g/mol. The molecule has 0 atom stereocenters. The second-order valence-corrected chi connectivity index (χ2v) is 7.90. The maximum Gasteiger partial charge on any atom is 0.339 e. The zero-order chi connectivity index (χ0) is 19.7. The number of carbonyl (C=O) groups is 1. The van der Waals surface area contributed by atoms with E-state index in [2.05, 4.69) is 0 Å². The zero-order valence-corrected chi connectivity index (χ0v) is 16.2. The zero-order valence-electron chi connectivity index (χ0n) is 14.6. The number of hydrogen-bond donors (Lipinski definition) is 0. The van der Waals surface area contributed by atoms with E-state index in [0.29, 0.717) is 11.1 Å². The topological polar surface area (TPSA) is 94.6 Å². The molecule has 2 aromatic carbocycles. The lowest BCUT2D eigenvalue weighted by Gasteiger charge is -2.06. The Balaban J connectivity index is 0.000000321. The van der Waals surface area contributed by atoms with Gasteiger partial charge in [0.05, 0.1) is 0 Å². The Kier molecular flexibility index (Phi) is 8.21. The first-order valence-electron chi connectivity index (χ1n) is 7.65. The van der Waals surface area contributed by atoms with Gasteiger partial charge in [-0.15, -0.1) is 0 Å². The Hall–Kier alpha value is -2.45. The molecule has 0 saturated heterocycles. The number of ketones is 1. The Morgan fingerprint density at radius 2 is 1.54 bits per heavy atom. The molecule has 0 unspecified atom stereocenters. The molecule has 0 saturated carbocycles. The largest absolute Gasteiger partial charge is 0.379 e. The fourth-order valence-corrected chi connectivity index (χ4v) is 2.98. The second-order valence-electron chi connectivity index (χ2n) is 5.60. The van der Waals surface area contributed by atoms with Crippen LogP contribution in [0.5, 0.6) is 5.75 Å². The first kappa shape index (κ1) is 21.6. The van der Waals surface area contributed by atoms with E-state index in [1.54, 1.807) is 56.3 Å². The van der Waals surface area contributed by atoms with Crippen molar-refractivity contribution < 1.29 is 25.8 Å². The van der Waals surface area contributed by atoms with Gasteiger partial charge in [-0.2, -0.15) is 16.8 Å². The number of aryl methyl sites for hydroxylation is 1. The van der Waals surface area contributed by atoms with E-state index in [9.17, 15) is 21.6 Å². The van der Waals surface area contributed by atoms with Crippen molar-refractivity contribution in [2.24, 2.45) is 5.92 Å². The molecule has 0 amide bonds. The van der Waals surface area contributed by atoms with Crippen molar-refractivity contribution in [3.63, 3.8) is 0 Å². The second kappa shape index (κ2) is 9.88. The molecule has 0 N–H and O–H groups in total. The van der Waals surface area contributed by atoms with E-state index < -0.39 is 20.4 Å². The first-order chi connectivity index (χ1) is 12.1. The van der Waals surface area contributed by atoms with Crippen LogP contribution in [0, 0.1) is 12.8 Å². The van der Waals surface area contributed by atoms with Crippen molar-refractivity contribution >= 4 is 31.6 Å². The van der Waals surface area contributed by atoms with Crippen LogP contribution in [0.3, 0.4) is 0 Å². The van der Waals surface area contributed by atoms with Crippen LogP contribution >= 0.6 is 0 Å². The minimum absolute atomic E-state index is 0.159. The summed E-state index contributed by atoms with van der Waals surface area (Å²) in [6, 6.07) is 15.0. The number of benzene rings is 2. The molecule has 0 spiro atoms. The Bertz CT molecular complexity index is 950. The van der Waals surface area contributed by atoms with Gasteiger partial charge in [0.25, 0.3) is 0 Å². The van der Waals surface area contributed by atoms with Crippen molar-refractivity contribution in [2.45, 2.75) is 25.7 Å². The molecule has 0 bridgehead atoms. The molecule has 0 aliphatic rings. The van der Waals surface area contributed by atoms with Crippen molar-refractivity contribution in [3.05, 3.63) is 60.2 Å². The summed E-state index contributed by atoms with van der Waals surface area (Å²) in [6.07, 6.45) is 0. The standard InChI is InChI=1S/C13H12O3S.C5H8O3S/c1-11-7-9-13(10-8-11)17(14,15)16-12-5-3-2-4-6-12;1-4(2)5(6)3-9(7)8/h2-10H,1H3;3-4H,1-2H3. The minimum Gasteiger partial charge on any atom is -0.379 e. The third kappa shape index (κ3) is 7.62. The molecule has 2 aromatic rings. The lowest BCUT2D eigenvalue weighted by Crippen LogP contribution is -2.09. The van der Waals surface area contributed by atoms with E-state index in [1.165, 1.54) is 12.1 Å². The molecule has 140 valence electrons. The molecule has 6 nitrogen and oxygen atoms in total. The maximum absolute atomic E-state index is 11.9. The van der Waals surface area contributed by atoms with E-state index >= 15 is 0 Å². The summed E-state index contributed by atoms with van der Waals surface area (Å²) >= 11 is 0. The average Bonchev–Trinajstić information content (AvgIpc) is 2.55. The van der Waals surface area contributed by atoms with Crippen LogP contribution in [0.15, 0.2) is 59.5 Å². The van der Waals surface area contributed by atoms with Crippen LogP contribution in [-0.2, 0) is 25.2 Å². The smallest absolute Gasteiger partial charge is 0.339 e. The molecule has 0 aliphatic carbocycles. The van der Waals surface area contributed by atoms with Crippen LogP contribution in [0.4, 0.5) is 0 Å². The van der Waals surface area contributed by atoms with Gasteiger partial charge in [0.1, 0.15) is 16.0 Å². The molecule has 8 heteroatoms. The molecule has 2 rings (SSSR count). The van der Waals surface area contributed by atoms with Crippen molar-refractivity contribution in [1.29, 1.82) is 0 Å². The number of carbonyl (C=O) groups excluding carboxylic acids is 1. The predicted molar refractivity (Wildman–Crippen MR) is 100 cm³/mol. The summed E-state index contributed by atoms with van der Waals surface area (Å²) < 4.78 is 48.5. The Labute approximate surface area is 155 Å². The van der Waals surface area contributed by atoms with Gasteiger partial charge in [0.2, 0.25) is 10.3 Å². The van der Waals surface area contributed by atoms with Crippen LogP contribution in [-0.4, -0.2) is 28.0 Å². The van der Waals surface area contributed by atoms with Gasteiger partial charge in [-0.1, -0.05) is 49.7 Å². The Morgan fingerprint density at radius 3 is 1.96 bits per heavy atom. The highest BCUT2D eigenvalue weighted by Crippen LogP contribution is 2.18. The normalized spacial score (nSPS) is 10.5. The Morgan fingerprint density at radius 1 is 1.00 bits per heavy atom. The van der Waals surface area contributed by atoms with Gasteiger partial charge in [-0.3, -0.25) is 4.79 Å². The highest BCUT2D eigenvalue weighted by Gasteiger charge is 2.15. The molecule has 0 fully saturated rings. The highest BCUT2D eigenvalue weighted by atomic mass is 32.2. The van der Waals surface area contributed by atoms with E-state index in [1.807, 2.05) is 6.92 Å². The average molecular weight is 396 g/mol. The number of para-hydroxylation sites is 1. The molecule has 0 heterocycles. The van der Waals surface area contributed by atoms with E-state index in [0.717, 1.165) is 5.56 Å². The molecule has 0 aliphatic heterocycles. The number of Topliss-reactive ketones (excluding diaryl/α,β-unsaturated/α-hetero) is 1. The SMILES string of the molecule is CC(C)C(=O)C=S(=O)=O.Cc1ccc(S(=O)(=O)Oc2ccccc2)cc1. The number of rotatable bonds is 5. The minimum atomic E-state index is -3.73. The van der Waals surface area contributed by atoms with Gasteiger partial charge in [-0.05, 0) is 31.2 Å². The molecule has 0 aromatic heterocycles. The van der Waals surface area contributed by atoms with Gasteiger partial charge in [0, 0.05) is 5.92 Å². The monoisotopic (exact) mass is 396 g/mol. The summed E-state index contributed by atoms with van der Waals surface area (Å²) in [6.45, 7) is 5.19. The van der Waals surface area contributed by atoms with Crippen LogP contribution in [0.2, 0.25) is 0 Å². The quantitative estimate of drug-likeness (QED) is 0.570. The fourth-order valence-electron chi connectivity index (χ4n) is 1.59. The molecule has 26 heavy (non-hydrogen) atoms. The van der Waals surface area contributed by atoms with Crippen molar-refractivity contribution in [2.75, 3.05) is 0 Å². The maximum atomic E-state index is 11.9. The summed E-state index contributed by atoms with van der Waals surface area (Å²) in [4.78, 5) is 10.7. The summed E-state index contributed by atoms with van der Waals surface area (Å²) in [5, 5.41) is 0.685. The summed E-state index contributed by atoms with van der Waals surface area (Å²) in [5.41, 5.74) is 1.00. The third-order valence-corrected chi connectivity index (χ3v) is 4.73. The summed E-state index contributed by atoms with van der Waals surface area (Å²) in [5.74, 6) is -0.278. The summed E-state index contributed by atoms with van der Waals surface area (Å²) in [7, 11) is -6.07. The van der Waals surface area contributed by atoms with Crippen LogP contribution < -0.4 is 4.18 Å². The third-order valence-electron chi connectivity index (χ3n) is 3.04. The van der Waals surface area contributed by atoms with Gasteiger partial charge in [-0.25, -0.2) is 0 Å². The van der Waals surface area contributed by atoms with Gasteiger partial charge < -0.3 is 4.18 Å². The van der Waals surface area contributed by atoms with Crippen molar-refractivity contribution in [3.8, 4) is 5.75 Å². The lowest BCUT2D eigenvalue weighted by atomic mass is 10.1. The fraction of sp³-hybridized carbons (Fsp3) is 0.222. The predicted octanol–water partition coefficient (Wildman–Crippen LogP) is 2.66. The highest BCUT2D eigenvalue weighted by molar-refractivity contribution is 7.87. The first-order valence-corrected chi connectivity index (χ1v) is 10.2. The molecular formula is C18H20O6S2. The van der Waals surface area contributed by atoms with Gasteiger partial charge >= 0.3 is 10.1 Å². The van der Waals surface area contributed by atoms with Crippen LogP contribution in [0.25, 0.3) is 0 Å². The lowest BCUT2D eigenvalue weighted by molar-refractivity contribution is -0.114. The van der Waals surface area contributed by atoms with Crippen LogP contribution in [0.1, 0.15) is 19.4 Å². The molecule has 0 radical (unpaired) electrons. The van der Waals surface area contributed by atoms with E-state index in [4.69, 9.17) is 4.18 Å².